The SMILES string of the molecule is COCCN1C(=O)C(O)=C(C(=O)CCc2ccccc2)C1c1ccc(Cl)cc1. The third kappa shape index (κ3) is 4.26. The van der Waals surface area contributed by atoms with Gasteiger partial charge in [0.25, 0.3) is 5.91 Å². The summed E-state index contributed by atoms with van der Waals surface area (Å²) in [5, 5.41) is 11.0. The molecular formula is C22H22ClNO4. The summed E-state index contributed by atoms with van der Waals surface area (Å²) in [5.74, 6) is -1.27. The second kappa shape index (κ2) is 9.04. The lowest BCUT2D eigenvalue weighted by Gasteiger charge is -2.26. The smallest absolute Gasteiger partial charge is 0.290 e. The van der Waals surface area contributed by atoms with Crippen molar-refractivity contribution in [1.82, 2.24) is 4.90 Å². The summed E-state index contributed by atoms with van der Waals surface area (Å²) < 4.78 is 5.09. The molecule has 146 valence electrons. The molecule has 1 aliphatic rings. The Kier molecular flexibility index (Phi) is 6.49. The summed E-state index contributed by atoms with van der Waals surface area (Å²) >= 11 is 5.98. The summed E-state index contributed by atoms with van der Waals surface area (Å²) in [5.41, 5.74) is 1.89. The predicted octanol–water partition coefficient (Wildman–Crippen LogP) is 3.88. The Morgan fingerprint density at radius 3 is 2.46 bits per heavy atom. The van der Waals surface area contributed by atoms with E-state index in [-0.39, 0.29) is 24.3 Å². The molecule has 1 unspecified atom stereocenters. The molecule has 1 aliphatic heterocycles. The van der Waals surface area contributed by atoms with E-state index in [0.29, 0.717) is 18.1 Å². The van der Waals surface area contributed by atoms with Gasteiger partial charge in [-0.15, -0.1) is 0 Å². The first-order chi connectivity index (χ1) is 13.5. The van der Waals surface area contributed by atoms with Crippen molar-refractivity contribution in [3.8, 4) is 0 Å². The molecule has 1 heterocycles. The number of hydrogen-bond donors (Lipinski definition) is 1. The zero-order chi connectivity index (χ0) is 20.1. The normalized spacial score (nSPS) is 16.7. The molecule has 0 saturated heterocycles. The molecule has 2 aromatic carbocycles. The number of aliphatic hydroxyl groups excluding tert-OH is 1. The highest BCUT2D eigenvalue weighted by molar-refractivity contribution is 6.30. The molecule has 0 bridgehead atoms. The van der Waals surface area contributed by atoms with Crippen LogP contribution < -0.4 is 0 Å². The zero-order valence-electron chi connectivity index (χ0n) is 15.6. The van der Waals surface area contributed by atoms with Gasteiger partial charge in [0.1, 0.15) is 0 Å². The molecule has 0 aliphatic carbocycles. The number of rotatable bonds is 8. The first-order valence-electron chi connectivity index (χ1n) is 9.08. The third-order valence-corrected chi connectivity index (χ3v) is 5.06. The van der Waals surface area contributed by atoms with Crippen LogP contribution in [-0.4, -0.2) is 42.0 Å². The minimum Gasteiger partial charge on any atom is -0.503 e. The summed E-state index contributed by atoms with van der Waals surface area (Å²) in [6.45, 7) is 0.566. The number of ether oxygens (including phenoxy) is 1. The van der Waals surface area contributed by atoms with Crippen LogP contribution in [-0.2, 0) is 20.7 Å². The van der Waals surface area contributed by atoms with Gasteiger partial charge >= 0.3 is 0 Å². The molecule has 1 N–H and O–H groups in total. The van der Waals surface area contributed by atoms with Crippen molar-refractivity contribution in [2.24, 2.45) is 0 Å². The number of ketones is 1. The minimum absolute atomic E-state index is 0.138. The first kappa shape index (κ1) is 20.1. The van der Waals surface area contributed by atoms with Gasteiger partial charge in [-0.3, -0.25) is 9.59 Å². The fourth-order valence-electron chi connectivity index (χ4n) is 3.39. The van der Waals surface area contributed by atoms with E-state index < -0.39 is 17.7 Å². The van der Waals surface area contributed by atoms with Gasteiger partial charge in [0.05, 0.1) is 18.2 Å². The molecule has 5 nitrogen and oxygen atoms in total. The van der Waals surface area contributed by atoms with Gasteiger partial charge in [-0.25, -0.2) is 0 Å². The highest BCUT2D eigenvalue weighted by Crippen LogP contribution is 2.38. The Bertz CT molecular complexity index is 877. The topological polar surface area (TPSA) is 66.8 Å². The molecule has 28 heavy (non-hydrogen) atoms. The number of carbonyl (C=O) groups is 2. The Morgan fingerprint density at radius 2 is 1.82 bits per heavy atom. The number of halogens is 1. The largest absolute Gasteiger partial charge is 0.503 e. The van der Waals surface area contributed by atoms with E-state index in [9.17, 15) is 14.7 Å². The first-order valence-corrected chi connectivity index (χ1v) is 9.46. The number of benzene rings is 2. The van der Waals surface area contributed by atoms with E-state index in [4.69, 9.17) is 16.3 Å². The van der Waals surface area contributed by atoms with Crippen molar-refractivity contribution >= 4 is 23.3 Å². The Hall–Kier alpha value is -2.63. The van der Waals surface area contributed by atoms with Crippen LogP contribution in [0.15, 0.2) is 65.9 Å². The number of aryl methyl sites for hydroxylation is 1. The van der Waals surface area contributed by atoms with E-state index in [1.807, 2.05) is 30.3 Å². The Morgan fingerprint density at radius 1 is 1.14 bits per heavy atom. The van der Waals surface area contributed by atoms with Crippen LogP contribution in [0, 0.1) is 0 Å². The van der Waals surface area contributed by atoms with Crippen molar-refractivity contribution in [2.45, 2.75) is 18.9 Å². The number of carbonyl (C=O) groups excluding carboxylic acids is 2. The van der Waals surface area contributed by atoms with Crippen LogP contribution in [0.3, 0.4) is 0 Å². The monoisotopic (exact) mass is 399 g/mol. The summed E-state index contributed by atoms with van der Waals surface area (Å²) in [7, 11) is 1.54. The third-order valence-electron chi connectivity index (χ3n) is 4.81. The van der Waals surface area contributed by atoms with Crippen molar-refractivity contribution in [2.75, 3.05) is 20.3 Å². The number of methoxy groups -OCH3 is 1. The highest BCUT2D eigenvalue weighted by atomic mass is 35.5. The molecule has 3 rings (SSSR count). The van der Waals surface area contributed by atoms with E-state index in [1.165, 1.54) is 12.0 Å². The molecule has 0 fully saturated rings. The van der Waals surface area contributed by atoms with Crippen molar-refractivity contribution in [3.63, 3.8) is 0 Å². The van der Waals surface area contributed by atoms with Crippen LogP contribution >= 0.6 is 11.6 Å². The van der Waals surface area contributed by atoms with Gasteiger partial charge in [-0.2, -0.15) is 0 Å². The fourth-order valence-corrected chi connectivity index (χ4v) is 3.51. The lowest BCUT2D eigenvalue weighted by molar-refractivity contribution is -0.130. The molecule has 2 aromatic rings. The molecule has 0 spiro atoms. The van der Waals surface area contributed by atoms with E-state index >= 15 is 0 Å². The molecule has 1 amide bonds. The number of amides is 1. The van der Waals surface area contributed by atoms with Crippen LogP contribution in [0.1, 0.15) is 23.6 Å². The fraction of sp³-hybridized carbons (Fsp3) is 0.273. The minimum atomic E-state index is -0.650. The van der Waals surface area contributed by atoms with Crippen LogP contribution in [0.25, 0.3) is 0 Å². The molecule has 0 saturated carbocycles. The van der Waals surface area contributed by atoms with Crippen molar-refractivity contribution in [1.29, 1.82) is 0 Å². The van der Waals surface area contributed by atoms with Crippen LogP contribution in [0.5, 0.6) is 0 Å². The maximum Gasteiger partial charge on any atom is 0.290 e. The number of aliphatic hydroxyl groups is 1. The molecule has 0 aromatic heterocycles. The number of Topliss-reactive ketones (excluding diaryl/α,β-unsaturated/α-hetero) is 1. The number of nitrogens with zero attached hydrogens (tertiary/aromatic N) is 1. The number of hydrogen-bond acceptors (Lipinski definition) is 4. The highest BCUT2D eigenvalue weighted by Gasteiger charge is 2.42. The van der Waals surface area contributed by atoms with Gasteiger partial charge in [0, 0.05) is 25.1 Å². The Balaban J connectivity index is 1.89. The molecule has 6 heteroatoms. The lowest BCUT2D eigenvalue weighted by Crippen LogP contribution is -2.34. The zero-order valence-corrected chi connectivity index (χ0v) is 16.4. The predicted molar refractivity (Wildman–Crippen MR) is 107 cm³/mol. The Labute approximate surface area is 169 Å². The maximum atomic E-state index is 13.0. The van der Waals surface area contributed by atoms with Crippen LogP contribution in [0.4, 0.5) is 0 Å². The summed E-state index contributed by atoms with van der Waals surface area (Å²) in [4.78, 5) is 27.1. The molecule has 1 atom stereocenters. The standard InChI is InChI=1S/C22H22ClNO4/c1-28-14-13-24-20(16-8-10-17(23)11-9-16)19(21(26)22(24)27)18(25)12-7-15-5-3-2-4-6-15/h2-6,8-11,20,26H,7,12-14H2,1H3. The average molecular weight is 400 g/mol. The average Bonchev–Trinajstić information content (AvgIpc) is 2.96. The van der Waals surface area contributed by atoms with Crippen molar-refractivity contribution in [3.05, 3.63) is 82.1 Å². The quantitative estimate of drug-likeness (QED) is 0.731. The lowest BCUT2D eigenvalue weighted by atomic mass is 9.93. The molecule has 0 radical (unpaired) electrons. The maximum absolute atomic E-state index is 13.0. The van der Waals surface area contributed by atoms with Gasteiger partial charge in [-0.1, -0.05) is 54.1 Å². The van der Waals surface area contributed by atoms with Crippen molar-refractivity contribution < 1.29 is 19.4 Å². The van der Waals surface area contributed by atoms with Crippen LogP contribution in [0.2, 0.25) is 5.02 Å². The van der Waals surface area contributed by atoms with Gasteiger partial charge in [0.2, 0.25) is 0 Å². The van der Waals surface area contributed by atoms with E-state index in [0.717, 1.165) is 11.1 Å². The second-order valence-corrected chi connectivity index (χ2v) is 7.05. The van der Waals surface area contributed by atoms with Gasteiger partial charge in [0.15, 0.2) is 11.5 Å². The van der Waals surface area contributed by atoms with E-state index in [2.05, 4.69) is 0 Å². The summed E-state index contributed by atoms with van der Waals surface area (Å²) in [6, 6.07) is 15.9. The van der Waals surface area contributed by atoms with Gasteiger partial charge in [-0.05, 0) is 29.7 Å². The van der Waals surface area contributed by atoms with Gasteiger partial charge < -0.3 is 14.7 Å². The molecular weight excluding hydrogens is 378 g/mol. The second-order valence-electron chi connectivity index (χ2n) is 6.62. The summed E-state index contributed by atoms with van der Waals surface area (Å²) in [6.07, 6.45) is 0.745. The van der Waals surface area contributed by atoms with E-state index in [1.54, 1.807) is 24.3 Å².